The Balaban J connectivity index is 3.71. The summed E-state index contributed by atoms with van der Waals surface area (Å²) in [6, 6.07) is 0. The number of nitrogens with two attached hydrogens (primary N) is 1. The van der Waals surface area contributed by atoms with Gasteiger partial charge in [-0.3, -0.25) is 0 Å². The number of hydrogen-bond donors (Lipinski definition) is 2. The second-order valence-electron chi connectivity index (χ2n) is 3.19. The van der Waals surface area contributed by atoms with E-state index in [-0.39, 0.29) is 24.4 Å². The normalized spacial score (nSPS) is 12.7. The van der Waals surface area contributed by atoms with Gasteiger partial charge in [0.1, 0.15) is 5.75 Å². The first-order chi connectivity index (χ1) is 7.12. The lowest BCUT2D eigenvalue weighted by atomic mass is 10.2. The number of unbranched alkanes of at least 4 members (excludes halogenated alkanes) is 1. The van der Waals surface area contributed by atoms with Gasteiger partial charge in [0.15, 0.2) is 0 Å². The van der Waals surface area contributed by atoms with Crippen molar-refractivity contribution in [2.24, 2.45) is 5.73 Å². The zero-order valence-electron chi connectivity index (χ0n) is 8.38. The van der Waals surface area contributed by atoms with Gasteiger partial charge in [-0.25, -0.2) is 13.1 Å². The molecule has 0 amide bonds. The number of halogens is 3. The Kier molecular flexibility index (Phi) is 6.19. The van der Waals surface area contributed by atoms with Crippen LogP contribution in [0, 0.1) is 0 Å². The third-order valence-corrected chi connectivity index (χ3v) is 3.20. The molecular weight excluding hydrogens is 265 g/mol. The van der Waals surface area contributed by atoms with Gasteiger partial charge < -0.3 is 5.73 Å². The van der Waals surface area contributed by atoms with E-state index in [2.05, 4.69) is 16.9 Å². The van der Waals surface area contributed by atoms with Gasteiger partial charge in [0.2, 0.25) is 10.0 Å². The minimum atomic E-state index is -4.20. The van der Waals surface area contributed by atoms with Crippen LogP contribution in [0.15, 0.2) is 0 Å². The first-order valence-corrected chi connectivity index (χ1v) is 6.51. The molecule has 0 spiro atoms. The molecule has 0 rings (SSSR count). The molecule has 0 bridgehead atoms. The smallest absolute Gasteiger partial charge is 0.389 e. The monoisotopic (exact) mass is 278 g/mol. The number of thiocarbonyl (C=S) groups is 1. The lowest BCUT2D eigenvalue weighted by Gasteiger charge is -2.07. The highest BCUT2D eigenvalue weighted by molar-refractivity contribution is 7.92. The molecule has 16 heavy (non-hydrogen) atoms. The highest BCUT2D eigenvalue weighted by Gasteiger charge is 2.25. The van der Waals surface area contributed by atoms with E-state index in [1.54, 1.807) is 0 Å². The van der Waals surface area contributed by atoms with Crippen molar-refractivity contribution in [2.75, 3.05) is 12.3 Å². The molecule has 0 aliphatic heterocycles. The Hall–Kier alpha value is -0.410. The van der Waals surface area contributed by atoms with E-state index in [1.165, 1.54) is 0 Å². The van der Waals surface area contributed by atoms with Crippen LogP contribution in [0.1, 0.15) is 19.3 Å². The van der Waals surface area contributed by atoms with Crippen molar-refractivity contribution in [1.29, 1.82) is 0 Å². The molecule has 0 atom stereocenters. The summed E-state index contributed by atoms with van der Waals surface area (Å²) < 4.78 is 59.5. The molecular formula is C7H13F3N2O2S2. The van der Waals surface area contributed by atoms with Crippen LogP contribution in [-0.2, 0) is 10.0 Å². The summed E-state index contributed by atoms with van der Waals surface area (Å²) in [5, 5.41) is 0. The maximum absolute atomic E-state index is 11.7. The molecule has 9 heteroatoms. The fraction of sp³-hybridized carbons (Fsp3) is 0.857. The van der Waals surface area contributed by atoms with E-state index in [0.717, 1.165) is 0 Å². The van der Waals surface area contributed by atoms with Crippen LogP contribution < -0.4 is 10.5 Å². The van der Waals surface area contributed by atoms with Gasteiger partial charge in [0.25, 0.3) is 0 Å². The molecule has 96 valence electrons. The molecule has 0 saturated heterocycles. The topological polar surface area (TPSA) is 72.2 Å². The Morgan fingerprint density at radius 1 is 1.31 bits per heavy atom. The quantitative estimate of drug-likeness (QED) is 0.536. The van der Waals surface area contributed by atoms with Gasteiger partial charge in [-0.05, 0) is 12.8 Å². The molecule has 0 unspecified atom stereocenters. The van der Waals surface area contributed by atoms with Crippen LogP contribution in [0.4, 0.5) is 13.2 Å². The largest absolute Gasteiger partial charge is 0.392 e. The molecule has 0 aliphatic carbocycles. The summed E-state index contributed by atoms with van der Waals surface area (Å²) in [7, 11) is -3.59. The summed E-state index contributed by atoms with van der Waals surface area (Å²) in [6.45, 7) is -0.0406. The lowest BCUT2D eigenvalue weighted by molar-refractivity contribution is -0.135. The van der Waals surface area contributed by atoms with Crippen molar-refractivity contribution in [2.45, 2.75) is 25.4 Å². The maximum Gasteiger partial charge on any atom is 0.389 e. The van der Waals surface area contributed by atoms with Crippen LogP contribution in [-0.4, -0.2) is 31.9 Å². The van der Waals surface area contributed by atoms with E-state index in [0.29, 0.717) is 0 Å². The summed E-state index contributed by atoms with van der Waals surface area (Å²) in [5.41, 5.74) is 5.03. The number of sulfonamides is 1. The molecule has 0 aromatic rings. The minimum absolute atomic E-state index is 0.0406. The first-order valence-electron chi connectivity index (χ1n) is 4.45. The highest BCUT2D eigenvalue weighted by Crippen LogP contribution is 2.21. The third-order valence-electron chi connectivity index (χ3n) is 1.54. The number of rotatable bonds is 7. The summed E-state index contributed by atoms with van der Waals surface area (Å²) >= 11 is 4.40. The van der Waals surface area contributed by atoms with Gasteiger partial charge in [0, 0.05) is 13.0 Å². The number of nitrogens with one attached hydrogen (secondary N) is 1. The summed E-state index contributed by atoms with van der Waals surface area (Å²) in [4.78, 5) is -0.178. The van der Waals surface area contributed by atoms with Crippen molar-refractivity contribution >= 4 is 27.2 Å². The highest BCUT2D eigenvalue weighted by atomic mass is 32.2. The zero-order valence-corrected chi connectivity index (χ0v) is 10.0. The Morgan fingerprint density at radius 2 is 1.88 bits per heavy atom. The number of hydrogen-bond acceptors (Lipinski definition) is 3. The van der Waals surface area contributed by atoms with Crippen LogP contribution >= 0.6 is 12.2 Å². The van der Waals surface area contributed by atoms with Crippen molar-refractivity contribution in [3.63, 3.8) is 0 Å². The lowest BCUT2D eigenvalue weighted by Crippen LogP contribution is -2.33. The van der Waals surface area contributed by atoms with Gasteiger partial charge in [0.05, 0.1) is 4.99 Å². The Bertz CT molecular complexity index is 327. The molecule has 0 aromatic heterocycles. The van der Waals surface area contributed by atoms with Gasteiger partial charge in [-0.15, -0.1) is 0 Å². The SMILES string of the molecule is NC(=S)CS(=O)(=O)NCCCCC(F)(F)F. The average molecular weight is 278 g/mol. The molecule has 4 nitrogen and oxygen atoms in total. The summed E-state index contributed by atoms with van der Waals surface area (Å²) in [6.07, 6.45) is -5.10. The minimum Gasteiger partial charge on any atom is -0.392 e. The van der Waals surface area contributed by atoms with Crippen LogP contribution in [0.2, 0.25) is 0 Å². The van der Waals surface area contributed by atoms with Crippen molar-refractivity contribution in [1.82, 2.24) is 4.72 Å². The second kappa shape index (κ2) is 6.36. The van der Waals surface area contributed by atoms with Crippen LogP contribution in [0.3, 0.4) is 0 Å². The average Bonchev–Trinajstić information content (AvgIpc) is 1.98. The van der Waals surface area contributed by atoms with E-state index in [4.69, 9.17) is 5.73 Å². The van der Waals surface area contributed by atoms with Gasteiger partial charge >= 0.3 is 6.18 Å². The standard InChI is InChI=1S/C7H13F3N2O2S2/c8-7(9,10)3-1-2-4-12-16(13,14)5-6(11)15/h12H,1-5H2,(H2,11,15). The van der Waals surface area contributed by atoms with Crippen molar-refractivity contribution in [3.05, 3.63) is 0 Å². The van der Waals surface area contributed by atoms with Crippen LogP contribution in [0.25, 0.3) is 0 Å². The Labute approximate surface area is 97.4 Å². The van der Waals surface area contributed by atoms with E-state index in [1.807, 2.05) is 0 Å². The van der Waals surface area contributed by atoms with Gasteiger partial charge in [-0.1, -0.05) is 12.2 Å². The third kappa shape index (κ3) is 10.1. The predicted molar refractivity (Wildman–Crippen MR) is 58.5 cm³/mol. The van der Waals surface area contributed by atoms with Gasteiger partial charge in [-0.2, -0.15) is 13.2 Å². The fourth-order valence-electron chi connectivity index (χ4n) is 0.916. The van der Waals surface area contributed by atoms with Crippen LogP contribution in [0.5, 0.6) is 0 Å². The molecule has 0 saturated carbocycles. The second-order valence-corrected chi connectivity index (χ2v) is 5.52. The molecule has 0 fully saturated rings. The van der Waals surface area contributed by atoms with Crippen molar-refractivity contribution in [3.8, 4) is 0 Å². The molecule has 0 radical (unpaired) electrons. The molecule has 0 aliphatic rings. The van der Waals surface area contributed by atoms with E-state index >= 15 is 0 Å². The molecule has 0 aromatic carbocycles. The number of alkyl halides is 3. The van der Waals surface area contributed by atoms with Crippen molar-refractivity contribution < 1.29 is 21.6 Å². The fourth-order valence-corrected chi connectivity index (χ4v) is 2.31. The molecule has 0 heterocycles. The molecule has 3 N–H and O–H groups in total. The Morgan fingerprint density at radius 3 is 2.31 bits per heavy atom. The van der Waals surface area contributed by atoms with E-state index < -0.39 is 28.4 Å². The zero-order chi connectivity index (χ0) is 12.8. The maximum atomic E-state index is 11.7. The van der Waals surface area contributed by atoms with E-state index in [9.17, 15) is 21.6 Å². The summed E-state index contributed by atoms with van der Waals surface area (Å²) in [5.74, 6) is -0.485. The first kappa shape index (κ1) is 15.6. The predicted octanol–water partition coefficient (Wildman–Crippen LogP) is 0.924.